The van der Waals surface area contributed by atoms with Crippen LogP contribution in [-0.2, 0) is 10.0 Å². The lowest BCUT2D eigenvalue weighted by Gasteiger charge is -2.13. The molecule has 0 spiro atoms. The van der Waals surface area contributed by atoms with Crippen molar-refractivity contribution in [2.45, 2.75) is 23.8 Å². The number of ether oxygens (including phenoxy) is 3. The van der Waals surface area contributed by atoms with Gasteiger partial charge in [-0.15, -0.1) is 13.2 Å². The lowest BCUT2D eigenvalue weighted by molar-refractivity contribution is -0.274. The number of aliphatic hydroxyl groups is 1. The molecular formula is C17H16F3NO6S. The Labute approximate surface area is 158 Å². The van der Waals surface area contributed by atoms with Crippen LogP contribution in [0.3, 0.4) is 0 Å². The van der Waals surface area contributed by atoms with Crippen LogP contribution in [0.2, 0.25) is 0 Å². The fraction of sp³-hybridized carbons (Fsp3) is 0.294. The summed E-state index contributed by atoms with van der Waals surface area (Å²) in [5.74, 6) is 0.539. The van der Waals surface area contributed by atoms with Crippen LogP contribution in [0.25, 0.3) is 0 Å². The number of nitrogens with one attached hydrogen (secondary N) is 1. The Hall–Kier alpha value is -2.50. The third-order valence-electron chi connectivity index (χ3n) is 3.86. The SMILES string of the molecule is O=S(=O)(NCC[C@@H](O)c1ccc2c(c1)OCO2)c1ccc(OC(F)(F)F)cc1. The minimum Gasteiger partial charge on any atom is -0.454 e. The van der Waals surface area contributed by atoms with Gasteiger partial charge in [-0.2, -0.15) is 0 Å². The molecule has 1 aliphatic heterocycles. The molecule has 0 fully saturated rings. The summed E-state index contributed by atoms with van der Waals surface area (Å²) < 4.78 is 77.2. The first-order valence-corrected chi connectivity index (χ1v) is 9.55. The van der Waals surface area contributed by atoms with E-state index in [1.165, 1.54) is 0 Å². The molecule has 2 N–H and O–H groups in total. The molecule has 0 aliphatic carbocycles. The quantitative estimate of drug-likeness (QED) is 0.717. The zero-order valence-electron chi connectivity index (χ0n) is 14.3. The molecule has 0 radical (unpaired) electrons. The third kappa shape index (κ3) is 5.06. The molecule has 1 aliphatic rings. The number of hydrogen-bond acceptors (Lipinski definition) is 6. The summed E-state index contributed by atoms with van der Waals surface area (Å²) in [5.41, 5.74) is 0.539. The minimum atomic E-state index is -4.86. The second-order valence-corrected chi connectivity index (χ2v) is 7.60. The number of rotatable bonds is 7. The largest absolute Gasteiger partial charge is 0.573 e. The van der Waals surface area contributed by atoms with Gasteiger partial charge in [0.2, 0.25) is 16.8 Å². The van der Waals surface area contributed by atoms with Crippen LogP contribution in [0, 0.1) is 0 Å². The van der Waals surface area contributed by atoms with Gasteiger partial charge < -0.3 is 19.3 Å². The van der Waals surface area contributed by atoms with Gasteiger partial charge in [-0.3, -0.25) is 0 Å². The highest BCUT2D eigenvalue weighted by molar-refractivity contribution is 7.89. The topological polar surface area (TPSA) is 94.1 Å². The third-order valence-corrected chi connectivity index (χ3v) is 5.34. The minimum absolute atomic E-state index is 0.0775. The number of fused-ring (bicyclic) bond motifs is 1. The van der Waals surface area contributed by atoms with Crippen LogP contribution >= 0.6 is 0 Å². The lowest BCUT2D eigenvalue weighted by atomic mass is 10.1. The van der Waals surface area contributed by atoms with Gasteiger partial charge in [0.15, 0.2) is 11.5 Å². The van der Waals surface area contributed by atoms with Gasteiger partial charge in [-0.05, 0) is 48.4 Å². The molecule has 7 nitrogen and oxygen atoms in total. The van der Waals surface area contributed by atoms with E-state index in [4.69, 9.17) is 9.47 Å². The van der Waals surface area contributed by atoms with Crippen molar-refractivity contribution < 1.29 is 40.9 Å². The fourth-order valence-corrected chi connectivity index (χ4v) is 3.57. The van der Waals surface area contributed by atoms with Gasteiger partial charge in [-0.1, -0.05) is 6.07 Å². The molecule has 0 unspecified atom stereocenters. The fourth-order valence-electron chi connectivity index (χ4n) is 2.52. The molecule has 0 aromatic heterocycles. The van der Waals surface area contributed by atoms with Gasteiger partial charge in [0.1, 0.15) is 5.75 Å². The van der Waals surface area contributed by atoms with Crippen LogP contribution in [0.1, 0.15) is 18.1 Å². The Balaban J connectivity index is 1.56. The van der Waals surface area contributed by atoms with E-state index in [2.05, 4.69) is 9.46 Å². The summed E-state index contributed by atoms with van der Waals surface area (Å²) in [4.78, 5) is -0.223. The summed E-state index contributed by atoms with van der Waals surface area (Å²) in [7, 11) is -3.95. The predicted octanol–water partition coefficient (Wildman–Crippen LogP) is 2.72. The van der Waals surface area contributed by atoms with Crippen molar-refractivity contribution in [1.29, 1.82) is 0 Å². The Morgan fingerprint density at radius 3 is 2.46 bits per heavy atom. The molecule has 0 saturated carbocycles. The van der Waals surface area contributed by atoms with Gasteiger partial charge in [0, 0.05) is 6.54 Å². The molecule has 152 valence electrons. The molecule has 0 bridgehead atoms. The molecule has 11 heteroatoms. The van der Waals surface area contributed by atoms with E-state index in [0.29, 0.717) is 17.1 Å². The number of alkyl halides is 3. The van der Waals surface area contributed by atoms with Crippen molar-refractivity contribution in [2.24, 2.45) is 0 Å². The van der Waals surface area contributed by atoms with Gasteiger partial charge >= 0.3 is 6.36 Å². The zero-order valence-corrected chi connectivity index (χ0v) is 15.1. The number of aliphatic hydroxyl groups excluding tert-OH is 1. The number of halogens is 3. The highest BCUT2D eigenvalue weighted by Gasteiger charge is 2.31. The summed E-state index contributed by atoms with van der Waals surface area (Å²) in [6.07, 6.45) is -5.72. The normalized spacial score (nSPS) is 14.7. The van der Waals surface area contributed by atoms with E-state index in [1.807, 2.05) is 0 Å². The summed E-state index contributed by atoms with van der Waals surface area (Å²) in [6.45, 7) is 0.0141. The first kappa shape index (κ1) is 20.2. The van der Waals surface area contributed by atoms with Crippen molar-refractivity contribution in [3.05, 3.63) is 48.0 Å². The maximum atomic E-state index is 12.2. The van der Waals surface area contributed by atoms with Gasteiger partial charge in [0.05, 0.1) is 11.0 Å². The van der Waals surface area contributed by atoms with E-state index in [0.717, 1.165) is 24.3 Å². The van der Waals surface area contributed by atoms with Crippen LogP contribution < -0.4 is 18.9 Å². The first-order valence-electron chi connectivity index (χ1n) is 8.07. The number of sulfonamides is 1. The number of benzene rings is 2. The number of hydrogen-bond donors (Lipinski definition) is 2. The molecule has 2 aromatic rings. The van der Waals surface area contributed by atoms with Crippen molar-refractivity contribution in [1.82, 2.24) is 4.72 Å². The first-order chi connectivity index (χ1) is 13.1. The van der Waals surface area contributed by atoms with Crippen molar-refractivity contribution >= 4 is 10.0 Å². The molecular weight excluding hydrogens is 403 g/mol. The van der Waals surface area contributed by atoms with Crippen molar-refractivity contribution in [3.63, 3.8) is 0 Å². The predicted molar refractivity (Wildman–Crippen MR) is 90.5 cm³/mol. The molecule has 0 amide bonds. The van der Waals surface area contributed by atoms with Gasteiger partial charge in [0.25, 0.3) is 0 Å². The molecule has 1 heterocycles. The smallest absolute Gasteiger partial charge is 0.454 e. The summed E-state index contributed by atoms with van der Waals surface area (Å²) >= 11 is 0. The molecule has 3 rings (SSSR count). The Bertz CT molecular complexity index is 931. The van der Waals surface area contributed by atoms with Crippen LogP contribution in [0.5, 0.6) is 17.2 Å². The monoisotopic (exact) mass is 419 g/mol. The molecule has 28 heavy (non-hydrogen) atoms. The summed E-state index contributed by atoms with van der Waals surface area (Å²) in [5, 5.41) is 10.2. The van der Waals surface area contributed by atoms with Crippen LogP contribution in [0.15, 0.2) is 47.4 Å². The second-order valence-electron chi connectivity index (χ2n) is 5.83. The van der Waals surface area contributed by atoms with E-state index >= 15 is 0 Å². The van der Waals surface area contributed by atoms with E-state index < -0.39 is 28.2 Å². The maximum Gasteiger partial charge on any atom is 0.573 e. The Kier molecular flexibility index (Phi) is 5.68. The lowest BCUT2D eigenvalue weighted by Crippen LogP contribution is -2.26. The van der Waals surface area contributed by atoms with E-state index in [-0.39, 0.29) is 24.7 Å². The summed E-state index contributed by atoms with van der Waals surface area (Å²) in [6, 6.07) is 8.71. The zero-order chi connectivity index (χ0) is 20.4. The Morgan fingerprint density at radius 1 is 1.11 bits per heavy atom. The van der Waals surface area contributed by atoms with Crippen molar-refractivity contribution in [2.75, 3.05) is 13.3 Å². The van der Waals surface area contributed by atoms with E-state index in [1.54, 1.807) is 18.2 Å². The highest BCUT2D eigenvalue weighted by atomic mass is 32.2. The average Bonchev–Trinajstić information content (AvgIpc) is 3.08. The molecule has 2 aromatic carbocycles. The van der Waals surface area contributed by atoms with Crippen LogP contribution in [-0.4, -0.2) is 33.2 Å². The molecule has 1 atom stereocenters. The van der Waals surface area contributed by atoms with E-state index in [9.17, 15) is 26.7 Å². The maximum absolute atomic E-state index is 12.2. The molecule has 0 saturated heterocycles. The highest BCUT2D eigenvalue weighted by Crippen LogP contribution is 2.34. The Morgan fingerprint density at radius 2 is 1.79 bits per heavy atom. The van der Waals surface area contributed by atoms with Crippen LogP contribution in [0.4, 0.5) is 13.2 Å². The van der Waals surface area contributed by atoms with Gasteiger partial charge in [-0.25, -0.2) is 13.1 Å². The second kappa shape index (κ2) is 7.86. The standard InChI is InChI=1S/C17H16F3NO6S/c18-17(19,20)27-12-2-4-13(5-3-12)28(23,24)21-8-7-14(22)11-1-6-15-16(9-11)26-10-25-15/h1-6,9,14,21-22H,7-8,10H2/t14-/m1/s1. The van der Waals surface area contributed by atoms with Crippen molar-refractivity contribution in [3.8, 4) is 17.2 Å². The average molecular weight is 419 g/mol.